The van der Waals surface area contributed by atoms with Gasteiger partial charge in [-0.2, -0.15) is 0 Å². The van der Waals surface area contributed by atoms with Crippen molar-refractivity contribution in [3.8, 4) is 0 Å². The van der Waals surface area contributed by atoms with Gasteiger partial charge in [0, 0.05) is 19.3 Å². The number of carbonyl (C=O) groups excluding carboxylic acids is 3. The lowest BCUT2D eigenvalue weighted by Gasteiger charge is -2.18. The van der Waals surface area contributed by atoms with Gasteiger partial charge >= 0.3 is 17.9 Å². The van der Waals surface area contributed by atoms with Crippen LogP contribution in [0.1, 0.15) is 355 Å². The lowest BCUT2D eigenvalue weighted by molar-refractivity contribution is -0.167. The molecule has 6 heteroatoms. The van der Waals surface area contributed by atoms with E-state index in [1.807, 2.05) is 0 Å². The first-order valence-electron chi connectivity index (χ1n) is 35.1. The largest absolute Gasteiger partial charge is 0.462 e. The Morgan fingerprint density at radius 3 is 0.790 bits per heavy atom. The van der Waals surface area contributed by atoms with E-state index in [0.717, 1.165) is 89.9 Å². The molecule has 0 fully saturated rings. The van der Waals surface area contributed by atoms with Gasteiger partial charge < -0.3 is 14.2 Å². The van der Waals surface area contributed by atoms with Crippen molar-refractivity contribution in [1.29, 1.82) is 0 Å². The smallest absolute Gasteiger partial charge is 0.306 e. The van der Waals surface area contributed by atoms with Crippen LogP contribution in [0, 0.1) is 0 Å². The van der Waals surface area contributed by atoms with Gasteiger partial charge in [0.25, 0.3) is 0 Å². The third-order valence-electron chi connectivity index (χ3n) is 15.4. The molecule has 0 heterocycles. The van der Waals surface area contributed by atoms with Crippen LogP contribution < -0.4 is 0 Å². The van der Waals surface area contributed by atoms with E-state index in [1.54, 1.807) is 0 Å². The minimum absolute atomic E-state index is 0.0916. The molecule has 0 aromatic heterocycles. The molecule has 0 bridgehead atoms. The van der Waals surface area contributed by atoms with E-state index in [1.165, 1.54) is 218 Å². The van der Waals surface area contributed by atoms with Gasteiger partial charge in [-0.1, -0.05) is 324 Å². The molecule has 1 atom stereocenters. The van der Waals surface area contributed by atoms with Crippen molar-refractivity contribution >= 4 is 17.9 Å². The molecule has 0 aromatic carbocycles. The van der Waals surface area contributed by atoms with Crippen LogP contribution in [-0.4, -0.2) is 37.2 Å². The number of hydrogen-bond acceptors (Lipinski definition) is 6. The molecule has 0 aliphatic heterocycles. The molecule has 0 amide bonds. The molecule has 0 aliphatic rings. The first-order chi connectivity index (χ1) is 40.0. The molecule has 0 saturated carbocycles. The minimum Gasteiger partial charge on any atom is -0.462 e. The minimum atomic E-state index is -0.802. The lowest BCUT2D eigenvalue weighted by Crippen LogP contribution is -2.30. The van der Waals surface area contributed by atoms with Crippen molar-refractivity contribution < 1.29 is 28.6 Å². The molecule has 6 nitrogen and oxygen atoms in total. The number of esters is 3. The fourth-order valence-corrected chi connectivity index (χ4v) is 10.2. The van der Waals surface area contributed by atoms with Gasteiger partial charge in [-0.3, -0.25) is 14.4 Å². The maximum Gasteiger partial charge on any atom is 0.306 e. The highest BCUT2D eigenvalue weighted by molar-refractivity contribution is 5.71. The highest BCUT2D eigenvalue weighted by Gasteiger charge is 2.19. The Bertz CT molecular complexity index is 1530. The van der Waals surface area contributed by atoms with Crippen LogP contribution in [0.5, 0.6) is 0 Å². The van der Waals surface area contributed by atoms with Gasteiger partial charge in [0.2, 0.25) is 0 Å². The summed E-state index contributed by atoms with van der Waals surface area (Å²) in [6, 6.07) is 0. The highest BCUT2D eigenvalue weighted by atomic mass is 16.6. The summed E-state index contributed by atoms with van der Waals surface area (Å²) in [7, 11) is 0. The summed E-state index contributed by atoms with van der Waals surface area (Å²) in [5.41, 5.74) is 0. The molecular formula is C75H132O6. The molecule has 1 unspecified atom stereocenters. The third-order valence-corrected chi connectivity index (χ3v) is 15.4. The molecular weight excluding hydrogens is 997 g/mol. The standard InChI is InChI=1S/C75H132O6/c1-4-7-10-13-16-19-22-25-28-31-34-36-37-39-41-44-47-50-53-56-59-62-65-68-74(77)80-71-72(70-79-73(76)67-64-61-58-55-52-49-46-43-40-33-30-27-24-21-18-15-12-9-6-3)81-75(78)69-66-63-60-57-54-51-48-45-42-38-35-32-29-26-23-20-17-14-11-8-5-2/h8,11,17,20,26-27,29-30,35,38,45,48,54,57,72H,4-7,9-10,12-16,18-19,21-25,28,31-34,36-37,39-44,46-47,49-53,55-56,58-71H2,1-3H3/b11-8-,20-17-,29-26-,30-27-,38-35-,48-45-,57-54-. The maximum atomic E-state index is 12.9. The van der Waals surface area contributed by atoms with Gasteiger partial charge in [-0.25, -0.2) is 0 Å². The number of carbonyl (C=O) groups is 3. The lowest BCUT2D eigenvalue weighted by atomic mass is 10.0. The Labute approximate surface area is 503 Å². The first-order valence-corrected chi connectivity index (χ1v) is 35.1. The zero-order valence-corrected chi connectivity index (χ0v) is 53.8. The fourth-order valence-electron chi connectivity index (χ4n) is 10.2. The second kappa shape index (κ2) is 69.1. The van der Waals surface area contributed by atoms with E-state index >= 15 is 0 Å². The van der Waals surface area contributed by atoms with Crippen molar-refractivity contribution in [2.75, 3.05) is 13.2 Å². The van der Waals surface area contributed by atoms with Crippen LogP contribution in [0.25, 0.3) is 0 Å². The Kier molecular flexibility index (Phi) is 66.2. The normalized spacial score (nSPS) is 12.6. The van der Waals surface area contributed by atoms with E-state index in [4.69, 9.17) is 14.2 Å². The van der Waals surface area contributed by atoms with Crippen LogP contribution in [0.3, 0.4) is 0 Å². The molecule has 0 aromatic rings. The van der Waals surface area contributed by atoms with Gasteiger partial charge in [-0.05, 0) is 96.3 Å². The Balaban J connectivity index is 4.41. The Hall–Kier alpha value is -3.41. The van der Waals surface area contributed by atoms with E-state index < -0.39 is 6.10 Å². The summed E-state index contributed by atoms with van der Waals surface area (Å²) in [5, 5.41) is 0. The SMILES string of the molecule is CC/C=C\C/C=C\C/C=C\C/C=C\C/C=C\C/C=C\CCCCC(=O)OC(COC(=O)CCCCCCCCCCC/C=C\CCCCCCCC)COC(=O)CCCCCCCCCCCCCCCCCCCCCCCCC. The summed E-state index contributed by atoms with van der Waals surface area (Å²) < 4.78 is 17.0. The summed E-state index contributed by atoms with van der Waals surface area (Å²) in [4.78, 5) is 38.5. The molecule has 0 N–H and O–H groups in total. The highest BCUT2D eigenvalue weighted by Crippen LogP contribution is 2.18. The average molecular weight is 1130 g/mol. The molecule has 0 aliphatic carbocycles. The van der Waals surface area contributed by atoms with Crippen LogP contribution in [0.15, 0.2) is 85.1 Å². The van der Waals surface area contributed by atoms with E-state index in [9.17, 15) is 14.4 Å². The van der Waals surface area contributed by atoms with Crippen molar-refractivity contribution in [3.05, 3.63) is 85.1 Å². The Morgan fingerprint density at radius 2 is 0.481 bits per heavy atom. The predicted molar refractivity (Wildman–Crippen MR) is 353 cm³/mol. The van der Waals surface area contributed by atoms with Crippen molar-refractivity contribution in [1.82, 2.24) is 0 Å². The van der Waals surface area contributed by atoms with Gasteiger partial charge in [0.1, 0.15) is 13.2 Å². The van der Waals surface area contributed by atoms with E-state index in [0.29, 0.717) is 19.3 Å². The molecule has 468 valence electrons. The van der Waals surface area contributed by atoms with Crippen LogP contribution in [0.4, 0.5) is 0 Å². The van der Waals surface area contributed by atoms with E-state index in [-0.39, 0.29) is 37.5 Å². The fraction of sp³-hybridized carbons (Fsp3) is 0.773. The molecule has 81 heavy (non-hydrogen) atoms. The second-order valence-corrected chi connectivity index (χ2v) is 23.4. The molecule has 0 radical (unpaired) electrons. The monoisotopic (exact) mass is 1130 g/mol. The van der Waals surface area contributed by atoms with Crippen LogP contribution in [-0.2, 0) is 28.6 Å². The predicted octanol–water partition coefficient (Wildman–Crippen LogP) is 24.2. The van der Waals surface area contributed by atoms with Crippen LogP contribution >= 0.6 is 0 Å². The average Bonchev–Trinajstić information content (AvgIpc) is 3.47. The van der Waals surface area contributed by atoms with Gasteiger partial charge in [-0.15, -0.1) is 0 Å². The maximum absolute atomic E-state index is 12.9. The molecule has 0 saturated heterocycles. The summed E-state index contributed by atoms with van der Waals surface area (Å²) in [6.07, 6.45) is 91.8. The van der Waals surface area contributed by atoms with Crippen LogP contribution in [0.2, 0.25) is 0 Å². The number of rotatable bonds is 64. The van der Waals surface area contributed by atoms with Crippen molar-refractivity contribution in [2.45, 2.75) is 361 Å². The van der Waals surface area contributed by atoms with Gasteiger partial charge in [0.15, 0.2) is 6.10 Å². The third kappa shape index (κ3) is 67.3. The topological polar surface area (TPSA) is 78.9 Å². The zero-order valence-electron chi connectivity index (χ0n) is 53.8. The first kappa shape index (κ1) is 77.6. The summed E-state index contributed by atoms with van der Waals surface area (Å²) in [6.45, 7) is 6.54. The van der Waals surface area contributed by atoms with E-state index in [2.05, 4.69) is 106 Å². The zero-order chi connectivity index (χ0) is 58.5. The van der Waals surface area contributed by atoms with Crippen molar-refractivity contribution in [2.24, 2.45) is 0 Å². The molecule has 0 spiro atoms. The van der Waals surface area contributed by atoms with Crippen molar-refractivity contribution in [3.63, 3.8) is 0 Å². The molecule has 0 rings (SSSR count). The Morgan fingerprint density at radius 1 is 0.259 bits per heavy atom. The summed E-state index contributed by atoms with van der Waals surface area (Å²) in [5.74, 6) is -0.918. The number of unbranched alkanes of at least 4 members (excludes halogenated alkanes) is 39. The quantitative estimate of drug-likeness (QED) is 0.0261. The van der Waals surface area contributed by atoms with Gasteiger partial charge in [0.05, 0.1) is 0 Å². The second-order valence-electron chi connectivity index (χ2n) is 23.4. The summed E-state index contributed by atoms with van der Waals surface area (Å²) >= 11 is 0. The number of ether oxygens (including phenoxy) is 3. The number of hydrogen-bond donors (Lipinski definition) is 0. The number of allylic oxidation sites excluding steroid dienone is 14.